The van der Waals surface area contributed by atoms with Crippen molar-refractivity contribution in [2.75, 3.05) is 8.88 Å². The van der Waals surface area contributed by atoms with Crippen LogP contribution in [0.5, 0.6) is 0 Å². The molecule has 0 aliphatic rings. The Balaban J connectivity index is -0.0000000936. The van der Waals surface area contributed by atoms with Crippen LogP contribution in [0.25, 0.3) is 0 Å². The van der Waals surface area contributed by atoms with Gasteiger partial charge in [-0.3, -0.25) is 0 Å². The molecule has 20 heteroatoms. The van der Waals surface area contributed by atoms with E-state index in [4.69, 9.17) is 47.3 Å². The molecule has 0 N–H and O–H groups in total. The minimum atomic E-state index is -4.10. The van der Waals surface area contributed by atoms with E-state index in [1.54, 1.807) is 12.1 Å². The van der Waals surface area contributed by atoms with E-state index in [1.165, 1.54) is 48.5 Å². The average molecular weight is 956 g/mol. The van der Waals surface area contributed by atoms with Gasteiger partial charge in [0.1, 0.15) is 11.4 Å². The molecule has 0 saturated carbocycles. The van der Waals surface area contributed by atoms with Gasteiger partial charge in [-0.1, -0.05) is 36.4 Å². The van der Waals surface area contributed by atoms with Gasteiger partial charge in [-0.25, -0.2) is 0 Å². The van der Waals surface area contributed by atoms with Crippen LogP contribution in [0.4, 0.5) is 45.0 Å². The second-order valence-electron chi connectivity index (χ2n) is 4.30. The predicted octanol–water partition coefficient (Wildman–Crippen LogP) is 8.96. The summed E-state index contributed by atoms with van der Waals surface area (Å²) in [5.41, 5.74) is -0.194. The van der Waals surface area contributed by atoms with E-state index >= 15 is 0 Å². The molecule has 2 aromatic rings. The molecule has 0 radical (unpaired) electrons. The number of rotatable bonds is 6. The average Bonchev–Trinajstić information content (AvgIpc) is 2.85. The standard InChI is InChI=1S/2C6H5F4NP2.4CN.2Pt/c2*7-12(8)11(13(9)10)6-4-2-1-3-5-6;4*1-2;;/h2*1-5H;;;;;;/q;;4*-1;;/p+4. The van der Waals surface area contributed by atoms with Crippen LogP contribution in [0.3, 0.4) is 0 Å². The summed E-state index contributed by atoms with van der Waals surface area (Å²) in [7, 11) is -16.4. The quantitative estimate of drug-likeness (QED) is 0.163. The van der Waals surface area contributed by atoms with Crippen LogP contribution in [-0.4, -0.2) is 0 Å². The fourth-order valence-electron chi connectivity index (χ4n) is 1.67. The van der Waals surface area contributed by atoms with E-state index in [1.807, 2.05) is 0 Å². The Labute approximate surface area is 237 Å². The van der Waals surface area contributed by atoms with Gasteiger partial charge in [0.25, 0.3) is 0 Å². The number of anilines is 2. The van der Waals surface area contributed by atoms with Gasteiger partial charge >= 0.3 is 34.8 Å². The van der Waals surface area contributed by atoms with Gasteiger partial charge in [0.05, 0.1) is 0 Å². The third-order valence-electron chi connectivity index (χ3n) is 2.70. The maximum absolute atomic E-state index is 12.2. The van der Waals surface area contributed by atoms with Crippen molar-refractivity contribution in [1.29, 1.82) is 21.0 Å². The van der Waals surface area contributed by atoms with Gasteiger partial charge in [-0.05, 0) is 33.1 Å². The largest absolute Gasteiger partial charge is 0.512 e. The number of nitrogens with zero attached hydrogens (tertiary/aromatic N) is 6. The molecule has 2 rings (SSSR count). The second kappa shape index (κ2) is 33.5. The van der Waals surface area contributed by atoms with E-state index in [0.29, 0.717) is 0 Å². The smallest absolute Gasteiger partial charge is 0.508 e. The number of para-hydroxylation sites is 2. The molecule has 0 aliphatic heterocycles. The van der Waals surface area contributed by atoms with Crippen LogP contribution in [0.2, 0.25) is 0 Å². The molecule has 0 atom stereocenters. The van der Waals surface area contributed by atoms with Crippen LogP contribution < -0.4 is 8.88 Å². The molecule has 0 aliphatic carbocycles. The molecule has 0 saturated heterocycles. The van der Waals surface area contributed by atoms with Crippen molar-refractivity contribution in [3.8, 4) is 0 Å². The van der Waals surface area contributed by atoms with Gasteiger partial charge in [0.15, 0.2) is 0 Å². The van der Waals surface area contributed by atoms with Crippen molar-refractivity contribution in [3.05, 3.63) is 87.0 Å². The van der Waals surface area contributed by atoms with Crippen LogP contribution in [-0.2, 0) is 42.1 Å². The maximum Gasteiger partial charge on any atom is 0.508 e. The zero-order chi connectivity index (χ0) is 27.7. The third-order valence-corrected chi connectivity index (χ3v) is 7.12. The number of benzene rings is 2. The monoisotopic (exact) mass is 956 g/mol. The van der Waals surface area contributed by atoms with E-state index < -0.39 is 34.8 Å². The Morgan fingerprint density at radius 1 is 0.417 bits per heavy atom. The van der Waals surface area contributed by atoms with Crippen LogP contribution in [0, 0.1) is 47.3 Å². The minimum Gasteiger partial charge on any atom is -0.512 e. The van der Waals surface area contributed by atoms with Gasteiger partial charge in [-0.2, -0.15) is 0 Å². The van der Waals surface area contributed by atoms with E-state index in [9.17, 15) is 33.6 Å². The molecule has 0 fully saturated rings. The van der Waals surface area contributed by atoms with Crippen molar-refractivity contribution in [1.82, 2.24) is 0 Å². The molecule has 0 heterocycles. The summed E-state index contributed by atoms with van der Waals surface area (Å²) < 4.78 is 97.6. The molecule has 6 nitrogen and oxygen atoms in total. The van der Waals surface area contributed by atoms with Crippen molar-refractivity contribution in [2.45, 2.75) is 0 Å². The number of hydrogen-bond donors (Lipinski definition) is 0. The fraction of sp³-hybridized carbons (Fsp3) is 0. The first-order valence-corrected chi connectivity index (χ1v) is 12.4. The number of halogens is 8. The van der Waals surface area contributed by atoms with Gasteiger partial charge in [0, 0.05) is 75.7 Å². The Morgan fingerprint density at radius 3 is 0.722 bits per heavy atom. The van der Waals surface area contributed by atoms with E-state index in [-0.39, 0.29) is 62.4 Å². The van der Waals surface area contributed by atoms with Gasteiger partial charge < -0.3 is 47.3 Å². The summed E-state index contributed by atoms with van der Waals surface area (Å²) in [6.07, 6.45) is 0. The maximum atomic E-state index is 12.2. The third kappa shape index (κ3) is 21.8. The van der Waals surface area contributed by atoms with Gasteiger partial charge in [0.2, 0.25) is 0 Å². The molecule has 0 aromatic heterocycles. The molecule has 2 aromatic carbocycles. The van der Waals surface area contributed by atoms with Crippen molar-refractivity contribution >= 4 is 46.1 Å². The summed E-state index contributed by atoms with van der Waals surface area (Å²) in [5.74, 6) is 0. The molecule has 36 heavy (non-hydrogen) atoms. The summed E-state index contributed by atoms with van der Waals surface area (Å²) in [4.78, 5) is 0. The summed E-state index contributed by atoms with van der Waals surface area (Å²) >= 11 is 0. The topological polar surface area (TPSA) is 102 Å². The molecule has 0 unspecified atom stereocenters. The Kier molecular flexibility index (Phi) is 44.4. The molecule has 0 spiro atoms. The molecule has 0 bridgehead atoms. The SMILES string of the molecule is F[PH+](F)N(c1ccccc1)[PH+](F)F.F[PH+](F)N(c1ccccc1)[PH+](F)F.[C-]#N.[C-]#N.[C-]#N.[C-]#N.[Pt].[Pt]. The normalized spacial score (nSPS) is 8.11. The Morgan fingerprint density at radius 2 is 0.583 bits per heavy atom. The van der Waals surface area contributed by atoms with Crippen LogP contribution in [0.15, 0.2) is 60.7 Å². The Hall–Kier alpha value is -1.46. The molecule has 0 amide bonds. The van der Waals surface area contributed by atoms with E-state index in [2.05, 4.69) is 0 Å². The first-order valence-electron chi connectivity index (χ1n) is 7.57. The van der Waals surface area contributed by atoms with Gasteiger partial charge in [-0.15, -0.1) is 0 Å². The molecule has 204 valence electrons. The Bertz CT molecular complexity index is 713. The second-order valence-corrected chi connectivity index (χ2v) is 8.91. The van der Waals surface area contributed by atoms with Crippen molar-refractivity contribution in [2.24, 2.45) is 0 Å². The van der Waals surface area contributed by atoms with E-state index in [0.717, 1.165) is 0 Å². The minimum absolute atomic E-state index is 0. The predicted molar refractivity (Wildman–Crippen MR) is 120 cm³/mol. The first-order chi connectivity index (χ1) is 16.3. The zero-order valence-electron chi connectivity index (χ0n) is 17.1. The summed E-state index contributed by atoms with van der Waals surface area (Å²) in [5, 5.41) is 25.0. The van der Waals surface area contributed by atoms with Crippen LogP contribution in [0.1, 0.15) is 0 Å². The zero-order valence-corrected chi connectivity index (χ0v) is 25.7. The van der Waals surface area contributed by atoms with Crippen LogP contribution >= 0.6 is 34.8 Å². The summed E-state index contributed by atoms with van der Waals surface area (Å²) in [6.45, 7) is 19.0. The summed E-state index contributed by atoms with van der Waals surface area (Å²) in [6, 6.07) is 14.0. The van der Waals surface area contributed by atoms with Crippen molar-refractivity contribution < 1.29 is 75.7 Å². The molecular weight excluding hydrogens is 942 g/mol. The molecular formula is C16H14F8N6P4Pt2. The van der Waals surface area contributed by atoms with Crippen molar-refractivity contribution in [3.63, 3.8) is 0 Å². The fourth-order valence-corrected chi connectivity index (χ4v) is 4.07. The first kappa shape index (κ1) is 47.7. The number of hydrogen-bond acceptors (Lipinski definition) is 6.